The van der Waals surface area contributed by atoms with Crippen molar-refractivity contribution in [3.05, 3.63) is 58.2 Å². The molecule has 0 saturated carbocycles. The number of carbonyl (C=O) groups excluding carboxylic acids is 1. The van der Waals surface area contributed by atoms with Crippen LogP contribution in [0.1, 0.15) is 16.0 Å². The van der Waals surface area contributed by atoms with Crippen molar-refractivity contribution in [2.45, 2.75) is 18.8 Å². The molecule has 3 rings (SSSR count). The van der Waals surface area contributed by atoms with Crippen LogP contribution >= 0.6 is 11.3 Å². The second-order valence-electron chi connectivity index (χ2n) is 6.06. The molecule has 0 spiro atoms. The SMILES string of the molecule is Nc1c(CC(=O)Nc2ccc(F)c(C(F)(F)F)c2)sc2cc(C(F)(F)F)ccc12. The highest BCUT2D eigenvalue weighted by molar-refractivity contribution is 7.19. The van der Waals surface area contributed by atoms with Crippen LogP contribution in [-0.2, 0) is 23.6 Å². The van der Waals surface area contributed by atoms with Crippen molar-refractivity contribution in [3.8, 4) is 0 Å². The molecule has 154 valence electrons. The van der Waals surface area contributed by atoms with Crippen LogP contribution in [0.3, 0.4) is 0 Å². The molecule has 1 amide bonds. The molecule has 0 saturated heterocycles. The second-order valence-corrected chi connectivity index (χ2v) is 7.20. The van der Waals surface area contributed by atoms with Crippen molar-refractivity contribution in [1.82, 2.24) is 0 Å². The van der Waals surface area contributed by atoms with Gasteiger partial charge in [0.05, 0.1) is 23.2 Å². The van der Waals surface area contributed by atoms with Crippen LogP contribution in [0.25, 0.3) is 10.1 Å². The van der Waals surface area contributed by atoms with Crippen molar-refractivity contribution in [3.63, 3.8) is 0 Å². The number of amides is 1. The Balaban J connectivity index is 1.82. The highest BCUT2D eigenvalue weighted by Crippen LogP contribution is 2.38. The number of nitrogens with two attached hydrogens (primary N) is 1. The van der Waals surface area contributed by atoms with E-state index in [1.807, 2.05) is 0 Å². The molecule has 0 aliphatic carbocycles. The molecule has 3 aromatic rings. The van der Waals surface area contributed by atoms with Gasteiger partial charge in [-0.25, -0.2) is 4.39 Å². The minimum Gasteiger partial charge on any atom is -0.397 e. The molecule has 29 heavy (non-hydrogen) atoms. The molecule has 1 aromatic heterocycles. The summed E-state index contributed by atoms with van der Waals surface area (Å²) in [6, 6.07) is 4.97. The molecule has 0 radical (unpaired) electrons. The van der Waals surface area contributed by atoms with Gasteiger partial charge in [0.2, 0.25) is 5.91 Å². The lowest BCUT2D eigenvalue weighted by molar-refractivity contribution is -0.140. The van der Waals surface area contributed by atoms with Gasteiger partial charge in [0.25, 0.3) is 0 Å². The van der Waals surface area contributed by atoms with Crippen LogP contribution in [0.5, 0.6) is 0 Å². The molecule has 0 bridgehead atoms. The fourth-order valence-corrected chi connectivity index (χ4v) is 3.81. The number of benzene rings is 2. The maximum atomic E-state index is 13.3. The number of alkyl halides is 6. The van der Waals surface area contributed by atoms with Crippen LogP contribution in [0.4, 0.5) is 42.1 Å². The summed E-state index contributed by atoms with van der Waals surface area (Å²) in [5, 5.41) is 2.54. The number of thiophene rings is 1. The standard InChI is InChI=1S/C18H11F7N2OS/c19-12-4-2-9(6-11(12)18(23,24)25)27-15(28)7-14-16(26)10-3-1-8(17(20,21)22)5-13(10)29-14/h1-6H,7,26H2,(H,27,28). The molecule has 0 fully saturated rings. The van der Waals surface area contributed by atoms with Crippen molar-refractivity contribution in [2.24, 2.45) is 0 Å². The topological polar surface area (TPSA) is 55.1 Å². The third-order valence-corrected chi connectivity index (χ3v) is 5.18. The van der Waals surface area contributed by atoms with Gasteiger partial charge in [0.15, 0.2) is 0 Å². The monoisotopic (exact) mass is 436 g/mol. The van der Waals surface area contributed by atoms with E-state index in [2.05, 4.69) is 5.32 Å². The Bertz CT molecular complexity index is 1090. The molecule has 3 nitrogen and oxygen atoms in total. The Morgan fingerprint density at radius 1 is 1.00 bits per heavy atom. The predicted molar refractivity (Wildman–Crippen MR) is 95.0 cm³/mol. The molecule has 0 aliphatic rings. The third kappa shape index (κ3) is 4.44. The fraction of sp³-hybridized carbons (Fsp3) is 0.167. The van der Waals surface area contributed by atoms with Gasteiger partial charge in [-0.3, -0.25) is 4.79 Å². The Hall–Kier alpha value is -2.82. The first-order valence-corrected chi connectivity index (χ1v) is 8.72. The zero-order valence-corrected chi connectivity index (χ0v) is 15.0. The zero-order valence-electron chi connectivity index (χ0n) is 14.2. The lowest BCUT2D eigenvalue weighted by Gasteiger charge is -2.11. The number of nitrogen functional groups attached to an aromatic ring is 1. The van der Waals surface area contributed by atoms with E-state index in [1.165, 1.54) is 6.07 Å². The van der Waals surface area contributed by atoms with E-state index in [-0.39, 0.29) is 27.4 Å². The zero-order chi connectivity index (χ0) is 21.6. The number of nitrogens with one attached hydrogen (secondary N) is 1. The van der Waals surface area contributed by atoms with Gasteiger partial charge >= 0.3 is 12.4 Å². The Morgan fingerprint density at radius 2 is 1.69 bits per heavy atom. The molecule has 0 atom stereocenters. The van der Waals surface area contributed by atoms with Gasteiger partial charge < -0.3 is 11.1 Å². The van der Waals surface area contributed by atoms with Crippen LogP contribution in [-0.4, -0.2) is 5.91 Å². The predicted octanol–water partition coefficient (Wildman–Crippen LogP) is 5.84. The largest absolute Gasteiger partial charge is 0.419 e. The van der Waals surface area contributed by atoms with Crippen molar-refractivity contribution in [1.29, 1.82) is 0 Å². The molecular formula is C18H11F7N2OS. The number of fused-ring (bicyclic) bond motifs is 1. The summed E-state index contributed by atoms with van der Waals surface area (Å²) in [4.78, 5) is 12.4. The van der Waals surface area contributed by atoms with Gasteiger partial charge in [-0.1, -0.05) is 6.07 Å². The van der Waals surface area contributed by atoms with E-state index in [4.69, 9.17) is 5.73 Å². The van der Waals surface area contributed by atoms with E-state index in [0.29, 0.717) is 17.5 Å². The first-order valence-electron chi connectivity index (χ1n) is 7.91. The second kappa shape index (κ2) is 7.21. The lowest BCUT2D eigenvalue weighted by atomic mass is 10.1. The van der Waals surface area contributed by atoms with E-state index in [0.717, 1.165) is 29.5 Å². The van der Waals surface area contributed by atoms with Crippen LogP contribution in [0.15, 0.2) is 36.4 Å². The van der Waals surface area contributed by atoms with Crippen molar-refractivity contribution >= 4 is 38.7 Å². The molecule has 1 heterocycles. The number of carbonyl (C=O) groups is 1. The molecule has 0 unspecified atom stereocenters. The minimum absolute atomic E-state index is 0.115. The Kier molecular flexibility index (Phi) is 5.20. The van der Waals surface area contributed by atoms with Crippen LogP contribution in [0, 0.1) is 5.82 Å². The molecule has 11 heteroatoms. The van der Waals surface area contributed by atoms with Gasteiger partial charge in [-0.2, -0.15) is 26.3 Å². The first kappa shape index (κ1) is 20.9. The maximum Gasteiger partial charge on any atom is 0.419 e. The summed E-state index contributed by atoms with van der Waals surface area (Å²) < 4.78 is 90.3. The molecule has 2 aromatic carbocycles. The summed E-state index contributed by atoms with van der Waals surface area (Å²) in [5.74, 6) is -2.23. The molecule has 0 aliphatic heterocycles. The van der Waals surface area contributed by atoms with Crippen LogP contribution in [0.2, 0.25) is 0 Å². The van der Waals surface area contributed by atoms with Crippen LogP contribution < -0.4 is 11.1 Å². The average molecular weight is 436 g/mol. The first-order chi connectivity index (χ1) is 13.4. The molecular weight excluding hydrogens is 425 g/mol. The summed E-state index contributed by atoms with van der Waals surface area (Å²) in [6.45, 7) is 0. The van der Waals surface area contributed by atoms with E-state index in [9.17, 15) is 35.5 Å². The van der Waals surface area contributed by atoms with E-state index >= 15 is 0 Å². The number of anilines is 2. The quantitative estimate of drug-likeness (QED) is 0.507. The summed E-state index contributed by atoms with van der Waals surface area (Å²) in [7, 11) is 0. The lowest BCUT2D eigenvalue weighted by Crippen LogP contribution is -2.16. The van der Waals surface area contributed by atoms with Gasteiger partial charge in [-0.05, 0) is 30.3 Å². The summed E-state index contributed by atoms with van der Waals surface area (Å²) in [5.41, 5.74) is 3.33. The number of hydrogen-bond acceptors (Lipinski definition) is 3. The van der Waals surface area contributed by atoms with E-state index < -0.39 is 35.2 Å². The van der Waals surface area contributed by atoms with Gasteiger partial charge in [-0.15, -0.1) is 11.3 Å². The highest BCUT2D eigenvalue weighted by Gasteiger charge is 2.34. The smallest absolute Gasteiger partial charge is 0.397 e. The molecule has 3 N–H and O–H groups in total. The Labute approximate surface area is 162 Å². The third-order valence-electron chi connectivity index (χ3n) is 4.01. The van der Waals surface area contributed by atoms with Crippen molar-refractivity contribution in [2.75, 3.05) is 11.1 Å². The summed E-state index contributed by atoms with van der Waals surface area (Å²) in [6.07, 6.45) is -9.84. The number of halogens is 7. The van der Waals surface area contributed by atoms with Crippen molar-refractivity contribution < 1.29 is 35.5 Å². The fourth-order valence-electron chi connectivity index (χ4n) is 2.65. The maximum absolute atomic E-state index is 13.3. The van der Waals surface area contributed by atoms with E-state index in [1.54, 1.807) is 0 Å². The highest BCUT2D eigenvalue weighted by atomic mass is 32.1. The number of rotatable bonds is 3. The normalized spacial score (nSPS) is 12.4. The van der Waals surface area contributed by atoms with Gasteiger partial charge in [0, 0.05) is 20.7 Å². The average Bonchev–Trinajstić information content (AvgIpc) is 2.90. The Morgan fingerprint density at radius 3 is 2.31 bits per heavy atom. The summed E-state index contributed by atoms with van der Waals surface area (Å²) >= 11 is 0.877. The number of hydrogen-bond donors (Lipinski definition) is 2. The minimum atomic E-state index is -4.93. The van der Waals surface area contributed by atoms with Gasteiger partial charge in [0.1, 0.15) is 5.82 Å².